The topological polar surface area (TPSA) is 53.1 Å². The SMILES string of the molecule is COC(=O)N1CCC2(CC(N3CCC(N(C=O)C4CCC4)CC3)C2)C1. The van der Waals surface area contributed by atoms with Gasteiger partial charge in [-0.25, -0.2) is 4.79 Å². The van der Waals surface area contributed by atoms with E-state index in [0.717, 1.165) is 51.9 Å². The van der Waals surface area contributed by atoms with Crippen LogP contribution in [0.25, 0.3) is 0 Å². The van der Waals surface area contributed by atoms with Crippen molar-refractivity contribution in [3.63, 3.8) is 0 Å². The molecule has 1 spiro atoms. The number of piperidine rings is 1. The number of hydrogen-bond donors (Lipinski definition) is 0. The van der Waals surface area contributed by atoms with E-state index in [0.29, 0.717) is 23.5 Å². The lowest BCUT2D eigenvalue weighted by molar-refractivity contribution is -0.126. The molecule has 0 aromatic rings. The van der Waals surface area contributed by atoms with Gasteiger partial charge in [0.25, 0.3) is 0 Å². The second-order valence-electron chi connectivity index (χ2n) is 8.61. The van der Waals surface area contributed by atoms with Gasteiger partial charge in [-0.15, -0.1) is 0 Å². The van der Waals surface area contributed by atoms with Crippen molar-refractivity contribution >= 4 is 12.5 Å². The van der Waals surface area contributed by atoms with Crippen molar-refractivity contribution in [1.29, 1.82) is 0 Å². The Morgan fingerprint density at radius 3 is 2.36 bits per heavy atom. The first-order valence-electron chi connectivity index (χ1n) is 9.94. The van der Waals surface area contributed by atoms with Crippen LogP contribution in [0.15, 0.2) is 0 Å². The summed E-state index contributed by atoms with van der Waals surface area (Å²) in [6.45, 7) is 3.94. The zero-order valence-corrected chi connectivity index (χ0v) is 15.4. The number of rotatable bonds is 4. The first-order valence-corrected chi connectivity index (χ1v) is 9.94. The van der Waals surface area contributed by atoms with E-state index in [4.69, 9.17) is 4.74 Å². The van der Waals surface area contributed by atoms with Gasteiger partial charge in [-0.2, -0.15) is 0 Å². The Morgan fingerprint density at radius 2 is 1.80 bits per heavy atom. The van der Waals surface area contributed by atoms with Crippen LogP contribution in [0.4, 0.5) is 4.79 Å². The van der Waals surface area contributed by atoms with E-state index < -0.39 is 0 Å². The van der Waals surface area contributed by atoms with Crippen LogP contribution in [0.1, 0.15) is 51.4 Å². The predicted molar refractivity (Wildman–Crippen MR) is 94.2 cm³/mol. The van der Waals surface area contributed by atoms with Gasteiger partial charge < -0.3 is 19.4 Å². The molecule has 25 heavy (non-hydrogen) atoms. The molecule has 2 amide bonds. The first-order chi connectivity index (χ1) is 12.1. The molecule has 2 saturated carbocycles. The lowest BCUT2D eigenvalue weighted by atomic mass is 9.64. The van der Waals surface area contributed by atoms with Crippen molar-refractivity contribution in [3.8, 4) is 0 Å². The van der Waals surface area contributed by atoms with Gasteiger partial charge >= 0.3 is 6.09 Å². The molecule has 0 aromatic heterocycles. The van der Waals surface area contributed by atoms with Gasteiger partial charge in [-0.05, 0) is 56.8 Å². The maximum absolute atomic E-state index is 11.7. The number of carbonyl (C=O) groups is 2. The quantitative estimate of drug-likeness (QED) is 0.729. The molecule has 0 bridgehead atoms. The average molecular weight is 349 g/mol. The van der Waals surface area contributed by atoms with E-state index in [2.05, 4.69) is 9.80 Å². The van der Waals surface area contributed by atoms with Gasteiger partial charge in [0.1, 0.15) is 0 Å². The fourth-order valence-corrected chi connectivity index (χ4v) is 5.46. The third-order valence-electron chi connectivity index (χ3n) is 7.26. The van der Waals surface area contributed by atoms with Gasteiger partial charge in [0.15, 0.2) is 0 Å². The zero-order chi connectivity index (χ0) is 17.4. The van der Waals surface area contributed by atoms with Crippen LogP contribution in [0.2, 0.25) is 0 Å². The van der Waals surface area contributed by atoms with Crippen molar-refractivity contribution in [3.05, 3.63) is 0 Å². The van der Waals surface area contributed by atoms with Crippen LogP contribution in [0, 0.1) is 5.41 Å². The van der Waals surface area contributed by atoms with Gasteiger partial charge in [0.05, 0.1) is 7.11 Å². The molecule has 140 valence electrons. The smallest absolute Gasteiger partial charge is 0.409 e. The molecule has 0 atom stereocenters. The minimum atomic E-state index is -0.175. The molecule has 0 unspecified atom stereocenters. The summed E-state index contributed by atoms with van der Waals surface area (Å²) in [5.74, 6) is 0. The second-order valence-corrected chi connectivity index (χ2v) is 8.61. The number of hydrogen-bond acceptors (Lipinski definition) is 4. The van der Waals surface area contributed by atoms with Crippen LogP contribution in [-0.4, -0.2) is 78.6 Å². The number of carbonyl (C=O) groups excluding carboxylic acids is 2. The maximum atomic E-state index is 11.7. The van der Waals surface area contributed by atoms with Gasteiger partial charge in [0.2, 0.25) is 6.41 Å². The molecule has 4 aliphatic rings. The van der Waals surface area contributed by atoms with Crippen molar-refractivity contribution in [2.24, 2.45) is 5.41 Å². The van der Waals surface area contributed by atoms with E-state index in [9.17, 15) is 9.59 Å². The lowest BCUT2D eigenvalue weighted by Gasteiger charge is -2.52. The largest absolute Gasteiger partial charge is 0.453 e. The fourth-order valence-electron chi connectivity index (χ4n) is 5.46. The van der Waals surface area contributed by atoms with E-state index >= 15 is 0 Å². The van der Waals surface area contributed by atoms with Crippen LogP contribution in [0.3, 0.4) is 0 Å². The highest BCUT2D eigenvalue weighted by Crippen LogP contribution is 2.50. The van der Waals surface area contributed by atoms with Crippen molar-refractivity contribution in [2.75, 3.05) is 33.3 Å². The molecule has 2 saturated heterocycles. The Hall–Kier alpha value is -1.30. The van der Waals surface area contributed by atoms with Gasteiger partial charge in [0, 0.05) is 44.3 Å². The molecule has 2 heterocycles. The molecular formula is C19H31N3O3. The van der Waals surface area contributed by atoms with E-state index in [-0.39, 0.29) is 6.09 Å². The molecule has 2 aliphatic heterocycles. The maximum Gasteiger partial charge on any atom is 0.409 e. The summed E-state index contributed by atoms with van der Waals surface area (Å²) in [4.78, 5) is 29.8. The number of nitrogens with zero attached hydrogens (tertiary/aromatic N) is 3. The minimum absolute atomic E-state index is 0.175. The van der Waals surface area contributed by atoms with Crippen LogP contribution in [0.5, 0.6) is 0 Å². The summed E-state index contributed by atoms with van der Waals surface area (Å²) in [7, 11) is 1.47. The minimum Gasteiger partial charge on any atom is -0.453 e. The molecular weight excluding hydrogens is 318 g/mol. The van der Waals surface area contributed by atoms with Gasteiger partial charge in [-0.3, -0.25) is 4.79 Å². The fraction of sp³-hybridized carbons (Fsp3) is 0.895. The third kappa shape index (κ3) is 3.14. The normalized spacial score (nSPS) is 33.8. The summed E-state index contributed by atoms with van der Waals surface area (Å²) in [6, 6.07) is 1.64. The first kappa shape index (κ1) is 17.1. The van der Waals surface area contributed by atoms with E-state index in [1.54, 1.807) is 0 Å². The zero-order valence-electron chi connectivity index (χ0n) is 15.4. The summed E-state index contributed by atoms with van der Waals surface area (Å²) in [5, 5.41) is 0. The van der Waals surface area contributed by atoms with E-state index in [1.807, 2.05) is 4.90 Å². The molecule has 0 radical (unpaired) electrons. The Balaban J connectivity index is 1.23. The second kappa shape index (κ2) is 6.78. The Morgan fingerprint density at radius 1 is 1.12 bits per heavy atom. The standard InChI is InChI=1S/C19H31N3O3/c1-25-18(24)21-10-7-19(13-21)11-17(12-19)20-8-5-16(6-9-20)22(14-23)15-3-2-4-15/h14-17H,2-13H2,1H3. The molecule has 0 aromatic carbocycles. The molecule has 2 aliphatic carbocycles. The average Bonchev–Trinajstić information content (AvgIpc) is 3.02. The highest BCUT2D eigenvalue weighted by molar-refractivity contribution is 5.67. The molecule has 4 rings (SSSR count). The Bertz CT molecular complexity index is 508. The van der Waals surface area contributed by atoms with Crippen molar-refractivity contribution in [2.45, 2.75) is 69.5 Å². The number of ether oxygens (including phenoxy) is 1. The van der Waals surface area contributed by atoms with Crippen LogP contribution >= 0.6 is 0 Å². The molecule has 4 fully saturated rings. The Kier molecular flexibility index (Phi) is 4.65. The predicted octanol–water partition coefficient (Wildman–Crippen LogP) is 2.08. The molecule has 6 heteroatoms. The Labute approximate surface area is 150 Å². The number of methoxy groups -OCH3 is 1. The summed E-state index contributed by atoms with van der Waals surface area (Å²) < 4.78 is 4.86. The third-order valence-corrected chi connectivity index (χ3v) is 7.26. The molecule has 6 nitrogen and oxygen atoms in total. The number of likely N-dealkylation sites (tertiary alicyclic amines) is 2. The summed E-state index contributed by atoms with van der Waals surface area (Å²) in [6.07, 6.45) is 10.4. The van der Waals surface area contributed by atoms with Crippen LogP contribution < -0.4 is 0 Å². The number of amides is 2. The summed E-state index contributed by atoms with van der Waals surface area (Å²) >= 11 is 0. The van der Waals surface area contributed by atoms with Crippen molar-refractivity contribution in [1.82, 2.24) is 14.7 Å². The van der Waals surface area contributed by atoms with E-state index in [1.165, 1.54) is 39.2 Å². The monoisotopic (exact) mass is 349 g/mol. The highest BCUT2D eigenvalue weighted by atomic mass is 16.5. The highest BCUT2D eigenvalue weighted by Gasteiger charge is 2.51. The lowest BCUT2D eigenvalue weighted by Crippen LogP contribution is -2.57. The molecule has 0 N–H and O–H groups in total. The summed E-state index contributed by atoms with van der Waals surface area (Å²) in [5.41, 5.74) is 0.344. The van der Waals surface area contributed by atoms with Crippen LogP contribution in [-0.2, 0) is 9.53 Å². The van der Waals surface area contributed by atoms with Crippen molar-refractivity contribution < 1.29 is 14.3 Å². The van der Waals surface area contributed by atoms with Gasteiger partial charge in [-0.1, -0.05) is 0 Å².